The minimum absolute atomic E-state index is 0.0386. The van der Waals surface area contributed by atoms with Gasteiger partial charge >= 0.3 is 0 Å². The second-order valence-corrected chi connectivity index (χ2v) is 5.73. The number of aryl methyl sites for hydroxylation is 1. The summed E-state index contributed by atoms with van der Waals surface area (Å²) in [6, 6.07) is 1.97. The largest absolute Gasteiger partial charge is 0.351 e. The second kappa shape index (κ2) is 5.46. The van der Waals surface area contributed by atoms with Gasteiger partial charge in [0.2, 0.25) is 0 Å². The summed E-state index contributed by atoms with van der Waals surface area (Å²) in [5.41, 5.74) is 1.13. The number of carbonyl (C=O) groups excluding carboxylic acids is 1. The lowest BCUT2D eigenvalue weighted by Gasteiger charge is -2.24. The molecular weight excluding hydrogens is 220 g/mol. The topological polar surface area (TPSA) is 41.1 Å². The van der Waals surface area contributed by atoms with Crippen molar-refractivity contribution in [2.24, 2.45) is 5.41 Å². The van der Waals surface area contributed by atoms with E-state index in [0.29, 0.717) is 6.54 Å². The molecule has 0 radical (unpaired) electrons. The Hall–Kier alpha value is -0.870. The van der Waals surface area contributed by atoms with E-state index < -0.39 is 0 Å². The number of nitrogens with one attached hydrogen (secondary N) is 2. The first kappa shape index (κ1) is 13.2. The first-order chi connectivity index (χ1) is 7.46. The van der Waals surface area contributed by atoms with Crippen molar-refractivity contribution in [1.29, 1.82) is 0 Å². The van der Waals surface area contributed by atoms with Gasteiger partial charge in [-0.2, -0.15) is 0 Å². The van der Waals surface area contributed by atoms with E-state index in [1.54, 1.807) is 0 Å². The Labute approximate surface area is 101 Å². The summed E-state index contributed by atoms with van der Waals surface area (Å²) in [6.07, 6.45) is 0. The lowest BCUT2D eigenvalue weighted by Crippen LogP contribution is -2.39. The summed E-state index contributed by atoms with van der Waals surface area (Å²) < 4.78 is 0. The molecule has 0 bridgehead atoms. The van der Waals surface area contributed by atoms with E-state index in [4.69, 9.17) is 0 Å². The van der Waals surface area contributed by atoms with Crippen molar-refractivity contribution < 1.29 is 4.79 Å². The van der Waals surface area contributed by atoms with Crippen molar-refractivity contribution in [2.45, 2.75) is 20.8 Å². The Morgan fingerprint density at radius 3 is 2.62 bits per heavy atom. The zero-order chi connectivity index (χ0) is 12.2. The van der Waals surface area contributed by atoms with Crippen LogP contribution in [0.4, 0.5) is 0 Å². The third-order valence-electron chi connectivity index (χ3n) is 2.45. The molecule has 16 heavy (non-hydrogen) atoms. The van der Waals surface area contributed by atoms with Gasteiger partial charge < -0.3 is 10.6 Å². The Bertz CT molecular complexity index is 358. The zero-order valence-corrected chi connectivity index (χ0v) is 11.2. The highest BCUT2D eigenvalue weighted by Gasteiger charge is 2.19. The maximum absolute atomic E-state index is 11.9. The van der Waals surface area contributed by atoms with Crippen molar-refractivity contribution in [1.82, 2.24) is 10.6 Å². The molecule has 0 saturated heterocycles. The summed E-state index contributed by atoms with van der Waals surface area (Å²) in [4.78, 5) is 12.7. The minimum Gasteiger partial charge on any atom is -0.351 e. The van der Waals surface area contributed by atoms with E-state index in [1.807, 2.05) is 25.4 Å². The lowest BCUT2D eigenvalue weighted by atomic mass is 9.93. The van der Waals surface area contributed by atoms with Gasteiger partial charge in [0.25, 0.3) is 5.91 Å². The molecule has 1 aromatic heterocycles. The average molecular weight is 240 g/mol. The van der Waals surface area contributed by atoms with Gasteiger partial charge in [0.1, 0.15) is 0 Å². The average Bonchev–Trinajstić information content (AvgIpc) is 2.61. The van der Waals surface area contributed by atoms with Gasteiger partial charge in [0.15, 0.2) is 0 Å². The number of thiophene rings is 1. The molecule has 0 fully saturated rings. The first-order valence-corrected chi connectivity index (χ1v) is 6.31. The van der Waals surface area contributed by atoms with Gasteiger partial charge in [0, 0.05) is 13.1 Å². The third-order valence-corrected chi connectivity index (χ3v) is 3.47. The van der Waals surface area contributed by atoms with Crippen LogP contribution in [-0.4, -0.2) is 26.0 Å². The van der Waals surface area contributed by atoms with Crippen LogP contribution in [-0.2, 0) is 0 Å². The van der Waals surface area contributed by atoms with Gasteiger partial charge in [-0.1, -0.05) is 13.8 Å². The summed E-state index contributed by atoms with van der Waals surface area (Å²) >= 11 is 1.49. The Morgan fingerprint density at radius 2 is 2.12 bits per heavy atom. The van der Waals surface area contributed by atoms with E-state index in [1.165, 1.54) is 11.3 Å². The quantitative estimate of drug-likeness (QED) is 0.827. The van der Waals surface area contributed by atoms with Gasteiger partial charge in [-0.25, -0.2) is 0 Å². The van der Waals surface area contributed by atoms with Crippen LogP contribution in [0.2, 0.25) is 0 Å². The molecule has 1 rings (SSSR count). The normalized spacial score (nSPS) is 11.5. The summed E-state index contributed by atoms with van der Waals surface area (Å²) in [7, 11) is 1.92. The third kappa shape index (κ3) is 3.61. The molecule has 0 atom stereocenters. The smallest absolute Gasteiger partial charge is 0.261 e. The van der Waals surface area contributed by atoms with E-state index in [9.17, 15) is 4.79 Å². The van der Waals surface area contributed by atoms with E-state index in [0.717, 1.165) is 17.0 Å². The molecule has 0 aliphatic heterocycles. The monoisotopic (exact) mass is 240 g/mol. The molecule has 0 saturated carbocycles. The van der Waals surface area contributed by atoms with Crippen LogP contribution in [0.1, 0.15) is 29.1 Å². The second-order valence-electron chi connectivity index (χ2n) is 4.81. The van der Waals surface area contributed by atoms with Crippen molar-refractivity contribution in [2.75, 3.05) is 20.1 Å². The highest BCUT2D eigenvalue weighted by atomic mass is 32.1. The summed E-state index contributed by atoms with van der Waals surface area (Å²) in [6.45, 7) is 7.79. The fraction of sp³-hybridized carbons (Fsp3) is 0.583. The molecule has 2 N–H and O–H groups in total. The number of hydrogen-bond acceptors (Lipinski definition) is 3. The van der Waals surface area contributed by atoms with Crippen molar-refractivity contribution in [3.05, 3.63) is 21.9 Å². The molecule has 0 aliphatic rings. The van der Waals surface area contributed by atoms with Gasteiger partial charge in [0.05, 0.1) is 4.88 Å². The maximum Gasteiger partial charge on any atom is 0.261 e. The van der Waals surface area contributed by atoms with Crippen LogP contribution in [0.25, 0.3) is 0 Å². The Kier molecular flexibility index (Phi) is 4.50. The van der Waals surface area contributed by atoms with Crippen LogP contribution >= 0.6 is 11.3 Å². The molecule has 3 nitrogen and oxygen atoms in total. The number of amides is 1. The SMILES string of the molecule is CNCC(C)(C)CNC(=O)c1sccc1C. The van der Waals surface area contributed by atoms with Crippen LogP contribution in [0.15, 0.2) is 11.4 Å². The molecule has 1 aromatic rings. The standard InChI is InChI=1S/C12H20N2OS/c1-9-5-6-16-10(9)11(15)14-8-12(2,3)7-13-4/h5-6,13H,7-8H2,1-4H3,(H,14,15). The van der Waals surface area contributed by atoms with E-state index >= 15 is 0 Å². The maximum atomic E-state index is 11.9. The molecule has 1 amide bonds. The van der Waals surface area contributed by atoms with Crippen LogP contribution in [0, 0.1) is 12.3 Å². The number of rotatable bonds is 5. The summed E-state index contributed by atoms with van der Waals surface area (Å²) in [5, 5.41) is 8.06. The molecule has 1 heterocycles. The predicted octanol–water partition coefficient (Wildman–Crippen LogP) is 2.03. The molecule has 0 spiro atoms. The summed E-state index contributed by atoms with van der Waals surface area (Å²) in [5.74, 6) is 0.0386. The number of carbonyl (C=O) groups is 1. The van der Waals surface area contributed by atoms with Crippen LogP contribution in [0.3, 0.4) is 0 Å². The molecule has 0 unspecified atom stereocenters. The van der Waals surface area contributed by atoms with Gasteiger partial charge in [-0.05, 0) is 36.4 Å². The van der Waals surface area contributed by atoms with Crippen molar-refractivity contribution >= 4 is 17.2 Å². The molecular formula is C12H20N2OS. The lowest BCUT2D eigenvalue weighted by molar-refractivity contribution is 0.0940. The van der Waals surface area contributed by atoms with E-state index in [-0.39, 0.29) is 11.3 Å². The Morgan fingerprint density at radius 1 is 1.44 bits per heavy atom. The first-order valence-electron chi connectivity index (χ1n) is 5.43. The van der Waals surface area contributed by atoms with Gasteiger partial charge in [-0.3, -0.25) is 4.79 Å². The highest BCUT2D eigenvalue weighted by molar-refractivity contribution is 7.12. The van der Waals surface area contributed by atoms with Crippen LogP contribution < -0.4 is 10.6 Å². The fourth-order valence-electron chi connectivity index (χ4n) is 1.55. The van der Waals surface area contributed by atoms with Gasteiger partial charge in [-0.15, -0.1) is 11.3 Å². The van der Waals surface area contributed by atoms with Crippen LogP contribution in [0.5, 0.6) is 0 Å². The fourth-order valence-corrected chi connectivity index (χ4v) is 2.39. The van der Waals surface area contributed by atoms with E-state index in [2.05, 4.69) is 24.5 Å². The molecule has 90 valence electrons. The van der Waals surface area contributed by atoms with Crippen molar-refractivity contribution in [3.8, 4) is 0 Å². The minimum atomic E-state index is 0.0386. The Balaban J connectivity index is 2.51. The zero-order valence-electron chi connectivity index (χ0n) is 10.4. The number of hydrogen-bond donors (Lipinski definition) is 2. The molecule has 0 aliphatic carbocycles. The van der Waals surface area contributed by atoms with Crippen molar-refractivity contribution in [3.63, 3.8) is 0 Å². The highest BCUT2D eigenvalue weighted by Crippen LogP contribution is 2.16. The molecule has 0 aromatic carbocycles. The predicted molar refractivity (Wildman–Crippen MR) is 69.1 cm³/mol. The molecule has 4 heteroatoms.